The van der Waals surface area contributed by atoms with Crippen LogP contribution in [-0.4, -0.2) is 9.97 Å². The van der Waals surface area contributed by atoms with E-state index < -0.39 is 0 Å². The second kappa shape index (κ2) is 7.76. The molecular weight excluding hydrogens is 500 g/mol. The maximum Gasteiger partial charge on any atom is 0.161 e. The lowest BCUT2D eigenvalue weighted by Gasteiger charge is -2.04. The first kappa shape index (κ1) is 21.0. The Morgan fingerprint density at radius 2 is 1.08 bits per heavy atom. The Hall–Kier alpha value is -5.00. The highest BCUT2D eigenvalue weighted by atomic mass is 32.1. The normalized spacial score (nSPS) is 12.1. The van der Waals surface area contributed by atoms with Crippen molar-refractivity contribution in [1.82, 2.24) is 9.97 Å². The first-order valence-corrected chi connectivity index (χ1v) is 13.6. The highest BCUT2D eigenvalue weighted by Gasteiger charge is 2.16. The minimum atomic E-state index is 0.826. The van der Waals surface area contributed by atoms with Crippen LogP contribution in [0.3, 0.4) is 0 Å². The van der Waals surface area contributed by atoms with Gasteiger partial charge in [0.2, 0.25) is 0 Å². The molecule has 182 valence electrons. The Labute approximate surface area is 225 Å². The fourth-order valence-electron chi connectivity index (χ4n) is 5.78. The van der Waals surface area contributed by atoms with Crippen LogP contribution in [0.5, 0.6) is 0 Å². The lowest BCUT2D eigenvalue weighted by molar-refractivity contribution is 0.669. The number of fused-ring (bicyclic) bond motifs is 9. The fourth-order valence-corrected chi connectivity index (χ4v) is 6.90. The van der Waals surface area contributed by atoms with E-state index in [1.54, 1.807) is 0 Å². The molecular formula is C34H18N2O2S. The largest absolute Gasteiger partial charge is 0.454 e. The first-order valence-electron chi connectivity index (χ1n) is 12.8. The minimum absolute atomic E-state index is 0.826. The number of furan rings is 2. The molecule has 0 N–H and O–H groups in total. The molecule has 0 bridgehead atoms. The lowest BCUT2D eigenvalue weighted by atomic mass is 10.0. The Kier molecular flexibility index (Phi) is 4.18. The van der Waals surface area contributed by atoms with Crippen molar-refractivity contribution in [3.8, 4) is 22.3 Å². The van der Waals surface area contributed by atoms with Gasteiger partial charge in [-0.2, -0.15) is 0 Å². The summed E-state index contributed by atoms with van der Waals surface area (Å²) in [6.45, 7) is 0. The van der Waals surface area contributed by atoms with Gasteiger partial charge in [0.05, 0.1) is 0 Å². The van der Waals surface area contributed by atoms with E-state index in [0.717, 1.165) is 66.4 Å². The molecule has 0 unspecified atom stereocenters. The van der Waals surface area contributed by atoms with E-state index in [0.29, 0.717) is 0 Å². The average Bonchev–Trinajstić information content (AvgIpc) is 3.67. The topological polar surface area (TPSA) is 52.1 Å². The van der Waals surface area contributed by atoms with Crippen molar-refractivity contribution in [2.45, 2.75) is 0 Å². The summed E-state index contributed by atoms with van der Waals surface area (Å²) in [6, 6.07) is 33.6. The molecule has 0 atom stereocenters. The molecule has 39 heavy (non-hydrogen) atoms. The summed E-state index contributed by atoms with van der Waals surface area (Å²) in [5.41, 5.74) is 9.53. The maximum absolute atomic E-state index is 6.27. The van der Waals surface area contributed by atoms with E-state index in [1.165, 1.54) is 20.2 Å². The first-order chi connectivity index (χ1) is 19.3. The average molecular weight is 519 g/mol. The molecule has 5 heteroatoms. The van der Waals surface area contributed by atoms with E-state index in [9.17, 15) is 0 Å². The molecule has 0 saturated carbocycles. The number of rotatable bonds is 2. The van der Waals surface area contributed by atoms with Crippen LogP contribution in [0.2, 0.25) is 0 Å². The summed E-state index contributed by atoms with van der Waals surface area (Å²) in [7, 11) is 0. The summed E-state index contributed by atoms with van der Waals surface area (Å²) in [5, 5.41) is 4.56. The highest BCUT2D eigenvalue weighted by Crippen LogP contribution is 2.42. The van der Waals surface area contributed by atoms with Crippen LogP contribution in [-0.2, 0) is 0 Å². The smallest absolute Gasteiger partial charge is 0.161 e. The molecule has 9 aromatic rings. The molecule has 0 saturated heterocycles. The third-order valence-electron chi connectivity index (χ3n) is 7.61. The zero-order valence-electron chi connectivity index (χ0n) is 20.5. The van der Waals surface area contributed by atoms with E-state index in [1.807, 2.05) is 72.3 Å². The van der Waals surface area contributed by atoms with E-state index in [2.05, 4.69) is 58.5 Å². The molecule has 0 radical (unpaired) electrons. The summed E-state index contributed by atoms with van der Waals surface area (Å²) in [6.07, 6.45) is 3.74. The number of nitrogens with zero attached hydrogens (tertiary/aromatic N) is 2. The number of hydrogen-bond donors (Lipinski definition) is 0. The molecule has 4 nitrogen and oxygen atoms in total. The number of benzene rings is 4. The maximum atomic E-state index is 6.27. The van der Waals surface area contributed by atoms with E-state index >= 15 is 0 Å². The zero-order chi connectivity index (χ0) is 25.5. The van der Waals surface area contributed by atoms with Crippen molar-refractivity contribution < 1.29 is 8.83 Å². The Balaban J connectivity index is 1.22. The van der Waals surface area contributed by atoms with Crippen molar-refractivity contribution in [1.29, 1.82) is 0 Å². The van der Waals surface area contributed by atoms with Crippen molar-refractivity contribution in [2.75, 3.05) is 0 Å². The van der Waals surface area contributed by atoms with Crippen LogP contribution in [0.25, 0.3) is 86.6 Å². The van der Waals surface area contributed by atoms with Crippen LogP contribution in [0, 0.1) is 0 Å². The van der Waals surface area contributed by atoms with Crippen LogP contribution in [0.4, 0.5) is 0 Å². The van der Waals surface area contributed by atoms with Crippen LogP contribution in [0.1, 0.15) is 0 Å². The summed E-state index contributed by atoms with van der Waals surface area (Å²) < 4.78 is 15.0. The van der Waals surface area contributed by atoms with Crippen molar-refractivity contribution >= 4 is 75.6 Å². The molecule has 0 fully saturated rings. The predicted molar refractivity (Wildman–Crippen MR) is 160 cm³/mol. The zero-order valence-corrected chi connectivity index (χ0v) is 21.3. The number of pyridine rings is 2. The van der Waals surface area contributed by atoms with Crippen molar-refractivity contribution in [3.05, 3.63) is 109 Å². The molecule has 0 aliphatic heterocycles. The molecule has 0 aliphatic carbocycles. The minimum Gasteiger partial charge on any atom is -0.454 e. The highest BCUT2D eigenvalue weighted by molar-refractivity contribution is 7.25. The second-order valence-electron chi connectivity index (χ2n) is 9.79. The summed E-state index contributed by atoms with van der Waals surface area (Å²) in [4.78, 5) is 9.25. The van der Waals surface area contributed by atoms with Gasteiger partial charge < -0.3 is 8.83 Å². The second-order valence-corrected chi connectivity index (χ2v) is 10.9. The van der Waals surface area contributed by atoms with Gasteiger partial charge in [0.15, 0.2) is 11.2 Å². The summed E-state index contributed by atoms with van der Waals surface area (Å²) in [5.74, 6) is 0. The fraction of sp³-hybridized carbons (Fsp3) is 0. The molecule has 5 aromatic heterocycles. The molecule has 4 aromatic carbocycles. The van der Waals surface area contributed by atoms with Gasteiger partial charge in [0, 0.05) is 54.5 Å². The van der Waals surface area contributed by atoms with E-state index in [4.69, 9.17) is 8.83 Å². The van der Waals surface area contributed by atoms with Gasteiger partial charge in [-0.1, -0.05) is 42.5 Å². The Morgan fingerprint density at radius 3 is 1.74 bits per heavy atom. The van der Waals surface area contributed by atoms with Crippen LogP contribution < -0.4 is 0 Å². The summed E-state index contributed by atoms with van der Waals surface area (Å²) >= 11 is 1.81. The van der Waals surface area contributed by atoms with Gasteiger partial charge >= 0.3 is 0 Å². The quantitative estimate of drug-likeness (QED) is 0.228. The van der Waals surface area contributed by atoms with Crippen molar-refractivity contribution in [2.24, 2.45) is 0 Å². The van der Waals surface area contributed by atoms with Gasteiger partial charge in [-0.15, -0.1) is 11.3 Å². The number of para-hydroxylation sites is 2. The van der Waals surface area contributed by atoms with Gasteiger partial charge in [0.25, 0.3) is 0 Å². The number of thiophene rings is 1. The predicted octanol–water partition coefficient (Wildman–Crippen LogP) is 9.98. The monoisotopic (exact) mass is 518 g/mol. The van der Waals surface area contributed by atoms with Gasteiger partial charge in [-0.25, -0.2) is 0 Å². The van der Waals surface area contributed by atoms with Gasteiger partial charge in [-0.05, 0) is 65.7 Å². The molecule has 0 spiro atoms. The molecule has 0 aliphatic rings. The Morgan fingerprint density at radius 1 is 0.487 bits per heavy atom. The van der Waals surface area contributed by atoms with Gasteiger partial charge in [-0.3, -0.25) is 9.97 Å². The van der Waals surface area contributed by atoms with Gasteiger partial charge in [0.1, 0.15) is 22.2 Å². The third kappa shape index (κ3) is 2.99. The molecule has 9 rings (SSSR count). The SMILES string of the molecule is c1ccc2c(c1)oc1c(-c3ccc4c(c3)sc3ccc(-c5ccnc6c5oc5ccccc56)cc34)ccnc12. The van der Waals surface area contributed by atoms with Crippen LogP contribution in [0.15, 0.2) is 118 Å². The molecule has 0 amide bonds. The van der Waals surface area contributed by atoms with Crippen LogP contribution >= 0.6 is 11.3 Å². The number of hydrogen-bond acceptors (Lipinski definition) is 5. The Bertz CT molecular complexity index is 2410. The lowest BCUT2D eigenvalue weighted by Crippen LogP contribution is -1.82. The van der Waals surface area contributed by atoms with E-state index in [-0.39, 0.29) is 0 Å². The molecule has 5 heterocycles. The third-order valence-corrected chi connectivity index (χ3v) is 8.74. The van der Waals surface area contributed by atoms with Crippen molar-refractivity contribution in [3.63, 3.8) is 0 Å². The standard InChI is InChI=1S/C34H18N2O2S/c1-3-7-27-24(5-1)31-33(37-27)21(13-15-35-31)19-10-12-29-26(17-19)23-11-9-20(18-30(23)39-29)22-14-16-36-32-25-6-2-4-8-28(25)38-34(22)32/h1-18H. The number of aromatic nitrogens is 2.